The average Bonchev–Trinajstić information content (AvgIpc) is 2.49. The Balaban J connectivity index is 0. The fourth-order valence-corrected chi connectivity index (χ4v) is 1.72. The van der Waals surface area contributed by atoms with Gasteiger partial charge in [-0.25, -0.2) is 4.79 Å². The highest BCUT2D eigenvalue weighted by atomic mass is 127. The third-order valence-corrected chi connectivity index (χ3v) is 3.06. The van der Waals surface area contributed by atoms with Crippen LogP contribution >= 0.6 is 24.0 Å². The maximum absolute atomic E-state index is 11.7. The molecule has 0 rings (SSSR count). The van der Waals surface area contributed by atoms with Crippen molar-refractivity contribution in [2.45, 2.75) is 66.0 Å². The molecule has 0 aromatic carbocycles. The molecule has 1 unspecified atom stereocenters. The molecule has 26 heavy (non-hydrogen) atoms. The summed E-state index contributed by atoms with van der Waals surface area (Å²) < 4.78 is 5.16. The quantitative estimate of drug-likeness (QED) is 0.173. The van der Waals surface area contributed by atoms with Crippen molar-refractivity contribution in [3.63, 3.8) is 0 Å². The molecule has 0 saturated heterocycles. The van der Waals surface area contributed by atoms with E-state index in [1.165, 1.54) is 0 Å². The minimum Gasteiger partial charge on any atom is -0.444 e. The lowest BCUT2D eigenvalue weighted by Gasteiger charge is -2.19. The summed E-state index contributed by atoms with van der Waals surface area (Å²) in [5.41, 5.74) is -0.510. The molecule has 1 atom stereocenters. The highest BCUT2D eigenvalue weighted by Crippen LogP contribution is 2.05. The fourth-order valence-electron chi connectivity index (χ4n) is 1.72. The second-order valence-corrected chi connectivity index (χ2v) is 6.74. The summed E-state index contributed by atoms with van der Waals surface area (Å²) in [5, 5.41) is 11.8. The highest BCUT2D eigenvalue weighted by molar-refractivity contribution is 14.0. The second kappa shape index (κ2) is 14.9. The summed E-state index contributed by atoms with van der Waals surface area (Å²) in [4.78, 5) is 27.6. The predicted octanol–water partition coefficient (Wildman–Crippen LogP) is 1.99. The number of amides is 2. The number of aliphatic imine (C=N–C) groups is 1. The molecule has 8 nitrogen and oxygen atoms in total. The Morgan fingerprint density at radius 2 is 1.69 bits per heavy atom. The van der Waals surface area contributed by atoms with Crippen molar-refractivity contribution in [1.29, 1.82) is 0 Å². The summed E-state index contributed by atoms with van der Waals surface area (Å²) in [6.45, 7) is 13.5. The second-order valence-electron chi connectivity index (χ2n) is 6.74. The maximum atomic E-state index is 11.7. The molecule has 0 aromatic rings. The summed E-state index contributed by atoms with van der Waals surface area (Å²) in [6.07, 6.45) is 0.805. The average molecular weight is 485 g/mol. The van der Waals surface area contributed by atoms with Gasteiger partial charge in [-0.05, 0) is 41.0 Å². The minimum atomic E-state index is -0.510. The Labute approximate surface area is 174 Å². The van der Waals surface area contributed by atoms with Gasteiger partial charge in [0.2, 0.25) is 5.91 Å². The lowest BCUT2D eigenvalue weighted by molar-refractivity contribution is -0.121. The van der Waals surface area contributed by atoms with Gasteiger partial charge in [0.25, 0.3) is 0 Å². The number of ether oxygens (including phenoxy) is 1. The zero-order valence-electron chi connectivity index (χ0n) is 16.9. The van der Waals surface area contributed by atoms with Gasteiger partial charge in [-0.3, -0.25) is 9.79 Å². The molecule has 154 valence electrons. The van der Waals surface area contributed by atoms with E-state index in [9.17, 15) is 9.59 Å². The van der Waals surface area contributed by atoms with Crippen molar-refractivity contribution < 1.29 is 14.3 Å². The summed E-state index contributed by atoms with van der Waals surface area (Å²) in [5.74, 6) is 0.616. The van der Waals surface area contributed by atoms with Gasteiger partial charge in [0.15, 0.2) is 5.96 Å². The van der Waals surface area contributed by atoms with Crippen LogP contribution in [0.1, 0.15) is 54.4 Å². The molecule has 0 aliphatic heterocycles. The van der Waals surface area contributed by atoms with E-state index in [0.717, 1.165) is 6.42 Å². The van der Waals surface area contributed by atoms with Gasteiger partial charge in [0.05, 0.1) is 6.54 Å². The first kappa shape index (κ1) is 27.0. The van der Waals surface area contributed by atoms with Crippen molar-refractivity contribution >= 4 is 41.9 Å². The summed E-state index contributed by atoms with van der Waals surface area (Å²) in [6, 6.07) is 0.182. The molecule has 2 amide bonds. The van der Waals surface area contributed by atoms with Crippen LogP contribution in [-0.2, 0) is 9.53 Å². The topological polar surface area (TPSA) is 104 Å². The number of guanidine groups is 1. The number of alkyl carbamates (subject to hydrolysis) is 1. The van der Waals surface area contributed by atoms with Crippen LogP contribution in [0, 0.1) is 0 Å². The molecule has 4 N–H and O–H groups in total. The Hall–Kier alpha value is -1.26. The van der Waals surface area contributed by atoms with Gasteiger partial charge in [-0.1, -0.05) is 6.92 Å². The third-order valence-electron chi connectivity index (χ3n) is 3.06. The van der Waals surface area contributed by atoms with Crippen molar-refractivity contribution in [1.82, 2.24) is 21.3 Å². The molecule has 0 fully saturated rings. The van der Waals surface area contributed by atoms with Gasteiger partial charge in [0.1, 0.15) is 5.60 Å². The van der Waals surface area contributed by atoms with Gasteiger partial charge < -0.3 is 26.0 Å². The highest BCUT2D eigenvalue weighted by Gasteiger charge is 2.15. The summed E-state index contributed by atoms with van der Waals surface area (Å²) in [7, 11) is 0. The smallest absolute Gasteiger partial charge is 0.407 e. The monoisotopic (exact) mass is 485 g/mol. The van der Waals surface area contributed by atoms with Crippen LogP contribution in [0.3, 0.4) is 0 Å². The molecule has 0 bridgehead atoms. The van der Waals surface area contributed by atoms with Crippen LogP contribution in [0.15, 0.2) is 4.99 Å². The Morgan fingerprint density at radius 1 is 1.08 bits per heavy atom. The van der Waals surface area contributed by atoms with E-state index >= 15 is 0 Å². The number of carbonyl (C=O) groups is 2. The molecule has 9 heteroatoms. The largest absolute Gasteiger partial charge is 0.444 e. The number of hydrogen-bond acceptors (Lipinski definition) is 4. The van der Waals surface area contributed by atoms with Crippen LogP contribution in [-0.4, -0.2) is 55.8 Å². The van der Waals surface area contributed by atoms with Crippen LogP contribution in [0.5, 0.6) is 0 Å². The minimum absolute atomic E-state index is 0. The third kappa shape index (κ3) is 16.2. The number of hydrogen-bond donors (Lipinski definition) is 4. The normalized spacial score (nSPS) is 12.5. The molecule has 0 aliphatic carbocycles. The molecule has 0 spiro atoms. The van der Waals surface area contributed by atoms with E-state index < -0.39 is 11.7 Å². The van der Waals surface area contributed by atoms with E-state index in [-0.39, 0.29) is 35.9 Å². The standard InChI is InChI=1S/C17H35N5O3.HI/c1-7-13(3)22-14(23)9-10-19-15(18-8-2)20-11-12-21-16(24)25-17(4,5)6;/h13H,7-12H2,1-6H3,(H,21,24)(H,22,23)(H2,18,19,20);1H. The van der Waals surface area contributed by atoms with Crippen LogP contribution in [0.4, 0.5) is 4.79 Å². The van der Waals surface area contributed by atoms with E-state index in [1.807, 2.05) is 41.5 Å². The van der Waals surface area contributed by atoms with Crippen LogP contribution < -0.4 is 21.3 Å². The molecule has 0 aromatic heterocycles. The Morgan fingerprint density at radius 3 is 2.23 bits per heavy atom. The van der Waals surface area contributed by atoms with Crippen LogP contribution in [0.2, 0.25) is 0 Å². The zero-order valence-corrected chi connectivity index (χ0v) is 19.2. The molecule has 0 aliphatic rings. The van der Waals surface area contributed by atoms with Gasteiger partial charge in [0, 0.05) is 32.1 Å². The summed E-state index contributed by atoms with van der Waals surface area (Å²) >= 11 is 0. The molecular formula is C17H36IN5O3. The van der Waals surface area contributed by atoms with Gasteiger partial charge >= 0.3 is 6.09 Å². The first-order valence-corrected chi connectivity index (χ1v) is 8.96. The molecule has 0 heterocycles. The van der Waals surface area contributed by atoms with E-state index in [4.69, 9.17) is 4.74 Å². The zero-order chi connectivity index (χ0) is 19.3. The Bertz CT molecular complexity index is 439. The molecule has 0 radical (unpaired) electrons. The lowest BCUT2D eigenvalue weighted by Crippen LogP contribution is -2.42. The lowest BCUT2D eigenvalue weighted by atomic mass is 10.2. The number of nitrogens with one attached hydrogen (secondary N) is 4. The SMILES string of the molecule is CCNC(=NCCC(=O)NC(C)CC)NCCNC(=O)OC(C)(C)C.I. The van der Waals surface area contributed by atoms with E-state index in [1.54, 1.807) is 0 Å². The van der Waals surface area contributed by atoms with E-state index in [2.05, 4.69) is 26.3 Å². The van der Waals surface area contributed by atoms with Crippen molar-refractivity contribution in [3.05, 3.63) is 0 Å². The van der Waals surface area contributed by atoms with E-state index in [0.29, 0.717) is 38.6 Å². The number of halogens is 1. The van der Waals surface area contributed by atoms with Gasteiger partial charge in [-0.15, -0.1) is 24.0 Å². The number of rotatable bonds is 9. The van der Waals surface area contributed by atoms with Crippen LogP contribution in [0.25, 0.3) is 0 Å². The fraction of sp³-hybridized carbons (Fsp3) is 0.824. The molecule has 0 saturated carbocycles. The maximum Gasteiger partial charge on any atom is 0.407 e. The first-order valence-electron chi connectivity index (χ1n) is 8.96. The number of carbonyl (C=O) groups excluding carboxylic acids is 2. The van der Waals surface area contributed by atoms with Crippen molar-refractivity contribution in [2.24, 2.45) is 4.99 Å². The van der Waals surface area contributed by atoms with Crippen molar-refractivity contribution in [2.75, 3.05) is 26.2 Å². The van der Waals surface area contributed by atoms with Gasteiger partial charge in [-0.2, -0.15) is 0 Å². The molecular weight excluding hydrogens is 449 g/mol. The number of nitrogens with zero attached hydrogens (tertiary/aromatic N) is 1. The Kier molecular flexibility index (Phi) is 15.4. The van der Waals surface area contributed by atoms with Crippen molar-refractivity contribution in [3.8, 4) is 0 Å². The predicted molar refractivity (Wildman–Crippen MR) is 116 cm³/mol. The first-order chi connectivity index (χ1) is 11.7.